The maximum Gasteiger partial charge on any atom is 0.326 e. The molecule has 0 aliphatic rings. The van der Waals surface area contributed by atoms with Gasteiger partial charge in [0, 0.05) is 13.0 Å². The molecule has 9 nitrogen and oxygen atoms in total. The van der Waals surface area contributed by atoms with Crippen LogP contribution in [0.15, 0.2) is 4.99 Å². The van der Waals surface area contributed by atoms with Crippen LogP contribution in [-0.2, 0) is 14.4 Å². The molecule has 192 valence electrons. The Morgan fingerprint density at radius 1 is 0.788 bits per heavy atom. The minimum atomic E-state index is -1.13. The Morgan fingerprint density at radius 2 is 1.30 bits per heavy atom. The number of carboxylic acids is 1. The van der Waals surface area contributed by atoms with E-state index in [2.05, 4.69) is 22.5 Å². The molecule has 0 aromatic heterocycles. The molecule has 33 heavy (non-hydrogen) atoms. The summed E-state index contributed by atoms with van der Waals surface area (Å²) in [5, 5.41) is 14.2. The molecule has 1 atom stereocenters. The molecule has 0 fully saturated rings. The predicted octanol–water partition coefficient (Wildman–Crippen LogP) is 3.21. The van der Waals surface area contributed by atoms with E-state index in [4.69, 9.17) is 11.5 Å². The number of hydrogen-bond acceptors (Lipinski definition) is 4. The number of nitrogens with two attached hydrogens (primary N) is 2. The molecule has 0 radical (unpaired) electrons. The molecular formula is C24H47N5O4. The van der Waals surface area contributed by atoms with Gasteiger partial charge >= 0.3 is 5.97 Å². The van der Waals surface area contributed by atoms with Crippen LogP contribution in [0.3, 0.4) is 0 Å². The minimum Gasteiger partial charge on any atom is -0.480 e. The molecule has 9 heteroatoms. The molecule has 0 aromatic carbocycles. The number of carbonyl (C=O) groups is 3. The van der Waals surface area contributed by atoms with E-state index in [1.807, 2.05) is 0 Å². The molecule has 0 saturated carbocycles. The van der Waals surface area contributed by atoms with Gasteiger partial charge < -0.3 is 27.2 Å². The first-order chi connectivity index (χ1) is 15.9. The van der Waals surface area contributed by atoms with Gasteiger partial charge in [-0.1, -0.05) is 84.0 Å². The topological polar surface area (TPSA) is 160 Å². The maximum atomic E-state index is 11.9. The van der Waals surface area contributed by atoms with Crippen LogP contribution in [0.4, 0.5) is 0 Å². The zero-order chi connectivity index (χ0) is 24.7. The Hall–Kier alpha value is -2.32. The largest absolute Gasteiger partial charge is 0.480 e. The van der Waals surface area contributed by atoms with Gasteiger partial charge in [0.2, 0.25) is 11.8 Å². The molecule has 2 amide bonds. The van der Waals surface area contributed by atoms with Crippen molar-refractivity contribution in [2.24, 2.45) is 16.5 Å². The fraction of sp³-hybridized carbons (Fsp3) is 0.833. The van der Waals surface area contributed by atoms with Gasteiger partial charge in [-0.05, 0) is 19.3 Å². The highest BCUT2D eigenvalue weighted by atomic mass is 16.4. The second kappa shape index (κ2) is 21.5. The monoisotopic (exact) mass is 469 g/mol. The Balaban J connectivity index is 3.68. The average molecular weight is 470 g/mol. The molecule has 0 heterocycles. The number of rotatable bonds is 22. The Morgan fingerprint density at radius 3 is 1.79 bits per heavy atom. The molecule has 0 spiro atoms. The van der Waals surface area contributed by atoms with Crippen molar-refractivity contribution in [3.63, 3.8) is 0 Å². The van der Waals surface area contributed by atoms with Crippen LogP contribution in [0.2, 0.25) is 0 Å². The second-order valence-electron chi connectivity index (χ2n) is 8.68. The van der Waals surface area contributed by atoms with Gasteiger partial charge in [-0.2, -0.15) is 0 Å². The van der Waals surface area contributed by atoms with Gasteiger partial charge in [-0.25, -0.2) is 4.79 Å². The highest BCUT2D eigenvalue weighted by Gasteiger charge is 2.19. The van der Waals surface area contributed by atoms with Crippen molar-refractivity contribution >= 4 is 23.7 Å². The van der Waals surface area contributed by atoms with E-state index in [0.29, 0.717) is 12.8 Å². The fourth-order valence-corrected chi connectivity index (χ4v) is 3.58. The summed E-state index contributed by atoms with van der Waals surface area (Å²) in [4.78, 5) is 38.9. The second-order valence-corrected chi connectivity index (χ2v) is 8.68. The standard InChI is InChI=1S/C24H47N5O4/c1-2-3-4-5-6-7-8-9-10-11-12-13-14-17-21(30)28-19-22(31)29-20(23(32)33)16-15-18-27-24(25)26/h20H,2-19H2,1H3,(H,28,30)(H,29,31)(H,32,33)(H4,25,26,27)/t20-/m0/s1. The molecule has 0 aliphatic heterocycles. The molecule has 0 rings (SSSR count). The zero-order valence-electron chi connectivity index (χ0n) is 20.6. The highest BCUT2D eigenvalue weighted by molar-refractivity contribution is 5.87. The van der Waals surface area contributed by atoms with Gasteiger partial charge in [-0.3, -0.25) is 14.6 Å². The first-order valence-electron chi connectivity index (χ1n) is 12.7. The van der Waals surface area contributed by atoms with Crippen LogP contribution in [0.5, 0.6) is 0 Å². The number of nitrogens with one attached hydrogen (secondary N) is 2. The van der Waals surface area contributed by atoms with Crippen molar-refractivity contribution in [2.75, 3.05) is 13.1 Å². The van der Waals surface area contributed by atoms with Crippen molar-refractivity contribution < 1.29 is 19.5 Å². The van der Waals surface area contributed by atoms with Crippen LogP contribution in [0.25, 0.3) is 0 Å². The first-order valence-corrected chi connectivity index (χ1v) is 12.7. The number of carbonyl (C=O) groups excluding carboxylic acids is 2. The van der Waals surface area contributed by atoms with Crippen LogP contribution in [0.1, 0.15) is 110 Å². The third-order valence-corrected chi connectivity index (χ3v) is 5.53. The van der Waals surface area contributed by atoms with Gasteiger partial charge in [0.05, 0.1) is 6.54 Å². The SMILES string of the molecule is CCCCCCCCCCCCCCCC(=O)NCC(=O)N[C@@H](CCCN=C(N)N)C(=O)O. The van der Waals surface area contributed by atoms with Crippen molar-refractivity contribution in [3.05, 3.63) is 0 Å². The third kappa shape index (κ3) is 21.3. The Bertz CT molecular complexity index is 565. The molecule has 0 unspecified atom stereocenters. The molecule has 0 bridgehead atoms. The maximum absolute atomic E-state index is 11.9. The van der Waals surface area contributed by atoms with E-state index in [1.54, 1.807) is 0 Å². The summed E-state index contributed by atoms with van der Waals surface area (Å²) >= 11 is 0. The Kier molecular flexibility index (Phi) is 20.0. The van der Waals surface area contributed by atoms with E-state index >= 15 is 0 Å². The van der Waals surface area contributed by atoms with E-state index in [0.717, 1.165) is 19.3 Å². The van der Waals surface area contributed by atoms with Crippen molar-refractivity contribution in [3.8, 4) is 0 Å². The van der Waals surface area contributed by atoms with Crippen molar-refractivity contribution in [2.45, 2.75) is 116 Å². The lowest BCUT2D eigenvalue weighted by Crippen LogP contribution is -2.45. The van der Waals surface area contributed by atoms with Crippen LogP contribution >= 0.6 is 0 Å². The summed E-state index contributed by atoms with van der Waals surface area (Å²) in [6, 6.07) is -1.04. The van der Waals surface area contributed by atoms with Gasteiger partial charge in [-0.15, -0.1) is 0 Å². The summed E-state index contributed by atoms with van der Waals surface area (Å²) < 4.78 is 0. The summed E-state index contributed by atoms with van der Waals surface area (Å²) in [5.74, 6) is -1.90. The lowest BCUT2D eigenvalue weighted by molar-refractivity contribution is -0.141. The number of carboxylic acid groups (broad SMARTS) is 1. The summed E-state index contributed by atoms with van der Waals surface area (Å²) in [6.45, 7) is 2.30. The number of aliphatic carboxylic acids is 1. The van der Waals surface area contributed by atoms with Crippen molar-refractivity contribution in [1.29, 1.82) is 0 Å². The van der Waals surface area contributed by atoms with Crippen LogP contribution in [-0.4, -0.2) is 48.0 Å². The third-order valence-electron chi connectivity index (χ3n) is 5.53. The average Bonchev–Trinajstić information content (AvgIpc) is 2.77. The Labute approximate surface area is 199 Å². The molecule has 0 saturated heterocycles. The predicted molar refractivity (Wildman–Crippen MR) is 133 cm³/mol. The van der Waals surface area contributed by atoms with E-state index in [9.17, 15) is 19.5 Å². The lowest BCUT2D eigenvalue weighted by Gasteiger charge is -2.14. The minimum absolute atomic E-state index is 0.0582. The van der Waals surface area contributed by atoms with E-state index < -0.39 is 17.9 Å². The molecule has 7 N–H and O–H groups in total. The molecule has 0 aliphatic carbocycles. The van der Waals surface area contributed by atoms with Crippen LogP contribution < -0.4 is 22.1 Å². The van der Waals surface area contributed by atoms with E-state index in [-0.39, 0.29) is 31.4 Å². The smallest absolute Gasteiger partial charge is 0.326 e. The summed E-state index contributed by atoms with van der Waals surface area (Å²) in [5.41, 5.74) is 10.4. The van der Waals surface area contributed by atoms with Crippen LogP contribution in [0, 0.1) is 0 Å². The summed E-state index contributed by atoms with van der Waals surface area (Å²) in [6.07, 6.45) is 17.2. The highest BCUT2D eigenvalue weighted by Crippen LogP contribution is 2.12. The summed E-state index contributed by atoms with van der Waals surface area (Å²) in [7, 11) is 0. The quantitative estimate of drug-likeness (QED) is 0.0929. The van der Waals surface area contributed by atoms with Gasteiger partial charge in [0.15, 0.2) is 5.96 Å². The van der Waals surface area contributed by atoms with Gasteiger partial charge in [0.25, 0.3) is 0 Å². The van der Waals surface area contributed by atoms with Gasteiger partial charge in [0.1, 0.15) is 6.04 Å². The number of unbranched alkanes of at least 4 members (excludes halogenated alkanes) is 12. The lowest BCUT2D eigenvalue weighted by atomic mass is 10.0. The number of nitrogens with zero attached hydrogens (tertiary/aromatic N) is 1. The number of amides is 2. The molecule has 0 aromatic rings. The normalized spacial score (nSPS) is 11.5. The van der Waals surface area contributed by atoms with Crippen molar-refractivity contribution in [1.82, 2.24) is 10.6 Å². The van der Waals surface area contributed by atoms with E-state index in [1.165, 1.54) is 64.2 Å². The molecular weight excluding hydrogens is 422 g/mol. The number of guanidine groups is 1. The first kappa shape index (κ1) is 30.7. The fourth-order valence-electron chi connectivity index (χ4n) is 3.58. The zero-order valence-corrected chi connectivity index (χ0v) is 20.6. The number of hydrogen-bond donors (Lipinski definition) is 5. The number of aliphatic imine (C=N–C) groups is 1.